The van der Waals surface area contributed by atoms with E-state index in [4.69, 9.17) is 5.73 Å². The molecule has 3 N–H and O–H groups in total. The maximum atomic E-state index is 11.1. The molecule has 2 rings (SSSR count). The Kier molecular flexibility index (Phi) is 4.30. The minimum absolute atomic E-state index is 0.0707. The number of nitrogen functional groups attached to an aromatic ring is 1. The van der Waals surface area contributed by atoms with Crippen LogP contribution in [0.2, 0.25) is 0 Å². The highest BCUT2D eigenvalue weighted by Gasteiger charge is 2.19. The molecule has 0 saturated carbocycles. The maximum absolute atomic E-state index is 11.1. The molecule has 1 aromatic carbocycles. The third-order valence-electron chi connectivity index (χ3n) is 3.22. The summed E-state index contributed by atoms with van der Waals surface area (Å²) in [5.74, 6) is 0.576. The van der Waals surface area contributed by atoms with Crippen LogP contribution >= 0.6 is 0 Å². The van der Waals surface area contributed by atoms with Gasteiger partial charge in [0.15, 0.2) is 0 Å². The zero-order valence-electron chi connectivity index (χ0n) is 13.3. The van der Waals surface area contributed by atoms with Crippen LogP contribution < -0.4 is 10.5 Å². The average molecular weight is 322 g/mol. The second-order valence-corrected chi connectivity index (χ2v) is 8.21. The Hall–Kier alpha value is -1.86. The summed E-state index contributed by atoms with van der Waals surface area (Å²) in [5, 5.41) is 4.55. The van der Waals surface area contributed by atoms with E-state index in [2.05, 4.69) is 30.6 Å². The second kappa shape index (κ2) is 5.73. The highest BCUT2D eigenvalue weighted by Crippen LogP contribution is 2.24. The van der Waals surface area contributed by atoms with Gasteiger partial charge < -0.3 is 5.73 Å². The molecule has 120 valence electrons. The van der Waals surface area contributed by atoms with Crippen LogP contribution in [0.15, 0.2) is 30.3 Å². The van der Waals surface area contributed by atoms with Crippen LogP contribution in [-0.2, 0) is 22.0 Å². The van der Waals surface area contributed by atoms with Gasteiger partial charge in [0.2, 0.25) is 10.0 Å². The fourth-order valence-corrected chi connectivity index (χ4v) is 2.37. The smallest absolute Gasteiger partial charge is 0.209 e. The van der Waals surface area contributed by atoms with E-state index in [1.807, 2.05) is 30.3 Å². The maximum Gasteiger partial charge on any atom is 0.209 e. The van der Waals surface area contributed by atoms with Gasteiger partial charge in [0, 0.05) is 18.0 Å². The van der Waals surface area contributed by atoms with E-state index in [9.17, 15) is 8.42 Å². The number of hydrogen-bond donors (Lipinski definition) is 2. The molecule has 0 aliphatic carbocycles. The van der Waals surface area contributed by atoms with Crippen molar-refractivity contribution < 1.29 is 8.42 Å². The van der Waals surface area contributed by atoms with Crippen molar-refractivity contribution in [2.75, 3.05) is 12.0 Å². The fraction of sp³-hybridized carbons (Fsp3) is 0.400. The van der Waals surface area contributed by atoms with E-state index in [1.54, 1.807) is 4.68 Å². The van der Waals surface area contributed by atoms with Crippen LogP contribution in [-0.4, -0.2) is 24.5 Å². The standard InChI is InChI=1S/C15H22N4O2S/c1-15(2,3)13-9-14(16)19(18-13)12-7-5-11(6-8-12)10-17-22(4,20)21/h5-9,17H,10,16H2,1-4H3. The number of nitrogens with one attached hydrogen (secondary N) is 1. The number of sulfonamides is 1. The van der Waals surface area contributed by atoms with Crippen molar-refractivity contribution in [2.45, 2.75) is 32.7 Å². The largest absolute Gasteiger partial charge is 0.384 e. The van der Waals surface area contributed by atoms with Crippen LogP contribution in [0.4, 0.5) is 5.82 Å². The van der Waals surface area contributed by atoms with Crippen LogP contribution in [0.3, 0.4) is 0 Å². The first kappa shape index (κ1) is 16.5. The van der Waals surface area contributed by atoms with Gasteiger partial charge in [-0.2, -0.15) is 5.10 Å². The molecule has 1 aromatic heterocycles. The molecule has 6 nitrogen and oxygen atoms in total. The Morgan fingerprint density at radius 2 is 1.82 bits per heavy atom. The molecule has 0 amide bonds. The summed E-state index contributed by atoms with van der Waals surface area (Å²) >= 11 is 0. The third kappa shape index (κ3) is 4.08. The Balaban J connectivity index is 2.22. The van der Waals surface area contributed by atoms with Crippen LogP contribution in [0.1, 0.15) is 32.0 Å². The first-order valence-electron chi connectivity index (χ1n) is 6.96. The molecule has 0 aliphatic heterocycles. The first-order chi connectivity index (χ1) is 10.1. The van der Waals surface area contributed by atoms with Crippen molar-refractivity contribution >= 4 is 15.8 Å². The molecule has 22 heavy (non-hydrogen) atoms. The predicted octanol–water partition coefficient (Wildman–Crippen LogP) is 1.80. The van der Waals surface area contributed by atoms with E-state index in [-0.39, 0.29) is 12.0 Å². The van der Waals surface area contributed by atoms with E-state index in [0.29, 0.717) is 5.82 Å². The highest BCUT2D eigenvalue weighted by atomic mass is 32.2. The summed E-state index contributed by atoms with van der Waals surface area (Å²) in [6, 6.07) is 9.32. The summed E-state index contributed by atoms with van der Waals surface area (Å²) in [7, 11) is -3.19. The average Bonchev–Trinajstić information content (AvgIpc) is 2.78. The fourth-order valence-electron chi connectivity index (χ4n) is 1.94. The molecule has 0 aliphatic rings. The molecule has 7 heteroatoms. The molecule has 0 fully saturated rings. The lowest BCUT2D eigenvalue weighted by atomic mass is 9.92. The minimum atomic E-state index is -3.19. The zero-order chi connectivity index (χ0) is 16.5. The normalized spacial score (nSPS) is 12.5. The van der Waals surface area contributed by atoms with Crippen molar-refractivity contribution in [3.05, 3.63) is 41.6 Å². The predicted molar refractivity (Wildman–Crippen MR) is 88.4 cm³/mol. The van der Waals surface area contributed by atoms with Crippen LogP contribution in [0.5, 0.6) is 0 Å². The van der Waals surface area contributed by atoms with Gasteiger partial charge >= 0.3 is 0 Å². The molecular formula is C15H22N4O2S. The van der Waals surface area contributed by atoms with Gasteiger partial charge in [-0.15, -0.1) is 0 Å². The number of nitrogens with two attached hydrogens (primary N) is 1. The van der Waals surface area contributed by atoms with Gasteiger partial charge in [0.25, 0.3) is 0 Å². The van der Waals surface area contributed by atoms with Gasteiger partial charge in [0.05, 0.1) is 17.6 Å². The number of hydrogen-bond acceptors (Lipinski definition) is 4. The zero-order valence-corrected chi connectivity index (χ0v) is 14.1. The Morgan fingerprint density at radius 1 is 1.23 bits per heavy atom. The lowest BCUT2D eigenvalue weighted by Gasteiger charge is -2.14. The van der Waals surface area contributed by atoms with Gasteiger partial charge in [0.1, 0.15) is 5.82 Å². The molecule has 0 saturated heterocycles. The summed E-state index contributed by atoms with van der Waals surface area (Å²) < 4.78 is 26.3. The van der Waals surface area contributed by atoms with Crippen molar-refractivity contribution in [1.82, 2.24) is 14.5 Å². The molecule has 0 spiro atoms. The monoisotopic (exact) mass is 322 g/mol. The number of anilines is 1. The summed E-state index contributed by atoms with van der Waals surface area (Å²) in [5.41, 5.74) is 8.60. The molecule has 0 radical (unpaired) electrons. The highest BCUT2D eigenvalue weighted by molar-refractivity contribution is 7.88. The van der Waals surface area contributed by atoms with E-state index in [1.165, 1.54) is 0 Å². The van der Waals surface area contributed by atoms with Gasteiger partial charge in [-0.25, -0.2) is 17.8 Å². The van der Waals surface area contributed by atoms with Crippen molar-refractivity contribution in [1.29, 1.82) is 0 Å². The third-order valence-corrected chi connectivity index (χ3v) is 3.89. The quantitative estimate of drug-likeness (QED) is 0.898. The first-order valence-corrected chi connectivity index (χ1v) is 8.85. The second-order valence-electron chi connectivity index (χ2n) is 6.38. The lowest BCUT2D eigenvalue weighted by molar-refractivity contribution is 0.560. The van der Waals surface area contributed by atoms with Crippen molar-refractivity contribution in [3.8, 4) is 5.69 Å². The van der Waals surface area contributed by atoms with Crippen molar-refractivity contribution in [2.24, 2.45) is 0 Å². The van der Waals surface area contributed by atoms with E-state index < -0.39 is 10.0 Å². The van der Waals surface area contributed by atoms with Crippen LogP contribution in [0, 0.1) is 0 Å². The molecule has 0 bridgehead atoms. The Labute approximate surface area is 131 Å². The van der Waals surface area contributed by atoms with Gasteiger partial charge in [-0.3, -0.25) is 0 Å². The summed E-state index contributed by atoms with van der Waals surface area (Å²) in [4.78, 5) is 0. The molecular weight excluding hydrogens is 300 g/mol. The number of nitrogens with zero attached hydrogens (tertiary/aromatic N) is 2. The Bertz CT molecular complexity index is 756. The van der Waals surface area contributed by atoms with Crippen LogP contribution in [0.25, 0.3) is 5.69 Å². The molecule has 1 heterocycles. The summed E-state index contributed by atoms with van der Waals surface area (Å²) in [6.45, 7) is 6.51. The molecule has 0 atom stereocenters. The van der Waals surface area contributed by atoms with Gasteiger partial charge in [-0.1, -0.05) is 32.9 Å². The molecule has 0 unspecified atom stereocenters. The Morgan fingerprint density at radius 3 is 2.27 bits per heavy atom. The topological polar surface area (TPSA) is 90.0 Å². The molecule has 2 aromatic rings. The van der Waals surface area contributed by atoms with Crippen molar-refractivity contribution in [3.63, 3.8) is 0 Å². The van der Waals surface area contributed by atoms with E-state index in [0.717, 1.165) is 23.2 Å². The number of rotatable bonds is 4. The lowest BCUT2D eigenvalue weighted by Crippen LogP contribution is -2.21. The van der Waals surface area contributed by atoms with Gasteiger partial charge in [-0.05, 0) is 17.7 Å². The SMILES string of the molecule is CC(C)(C)c1cc(N)n(-c2ccc(CNS(C)(=O)=O)cc2)n1. The number of aromatic nitrogens is 2. The van der Waals surface area contributed by atoms with E-state index >= 15 is 0 Å². The summed E-state index contributed by atoms with van der Waals surface area (Å²) in [6.07, 6.45) is 1.14. The minimum Gasteiger partial charge on any atom is -0.384 e. The number of benzene rings is 1.